The van der Waals surface area contributed by atoms with Gasteiger partial charge in [0.05, 0.1) is 0 Å². The molecule has 0 radical (unpaired) electrons. The molecule has 1 rings (SSSR count). The van der Waals surface area contributed by atoms with Gasteiger partial charge in [-0.2, -0.15) is 31.8 Å². The summed E-state index contributed by atoms with van der Waals surface area (Å²) in [5.41, 5.74) is 1.16. The van der Waals surface area contributed by atoms with Crippen LogP contribution in [0.15, 0.2) is 30.3 Å². The third-order valence-electron chi connectivity index (χ3n) is 1.90. The van der Waals surface area contributed by atoms with Gasteiger partial charge in [-0.3, -0.25) is 4.84 Å². The molecule has 1 aromatic rings. The van der Waals surface area contributed by atoms with E-state index >= 15 is 0 Å². The smallest absolute Gasteiger partial charge is 0.291 e. The predicted octanol–water partition coefficient (Wildman–Crippen LogP) is 3.37. The predicted molar refractivity (Wildman–Crippen MR) is 50.4 cm³/mol. The van der Waals surface area contributed by atoms with Crippen LogP contribution in [0.5, 0.6) is 0 Å². The van der Waals surface area contributed by atoms with E-state index in [0.29, 0.717) is 0 Å². The van der Waals surface area contributed by atoms with Crippen LogP contribution in [0.1, 0.15) is 11.6 Å². The van der Waals surface area contributed by atoms with Gasteiger partial charge in [-0.25, -0.2) is 0 Å². The summed E-state index contributed by atoms with van der Waals surface area (Å²) < 4.78 is 73.1. The van der Waals surface area contributed by atoms with E-state index in [0.717, 1.165) is 12.1 Å². The molecule has 0 aromatic heterocycles. The molecule has 102 valence electrons. The van der Waals surface area contributed by atoms with Crippen molar-refractivity contribution in [3.8, 4) is 0 Å². The first-order chi connectivity index (χ1) is 8.20. The summed E-state index contributed by atoms with van der Waals surface area (Å²) in [4.78, 5) is 3.85. The van der Waals surface area contributed by atoms with Crippen LogP contribution < -0.4 is 5.48 Å². The maximum absolute atomic E-state index is 12.6. The normalized spacial score (nSPS) is 14.6. The van der Waals surface area contributed by atoms with Crippen LogP contribution in [-0.2, 0) is 4.84 Å². The highest BCUT2D eigenvalue weighted by molar-refractivity contribution is 5.19. The fourth-order valence-corrected chi connectivity index (χ4v) is 1.18. The van der Waals surface area contributed by atoms with Crippen molar-refractivity contribution in [2.75, 3.05) is 6.61 Å². The van der Waals surface area contributed by atoms with E-state index in [2.05, 4.69) is 4.84 Å². The molecular formula is C10H9F6NO. The van der Waals surface area contributed by atoms with Crippen LogP contribution in [-0.4, -0.2) is 19.0 Å². The largest absolute Gasteiger partial charge is 0.413 e. The van der Waals surface area contributed by atoms with Crippen molar-refractivity contribution in [3.05, 3.63) is 35.9 Å². The van der Waals surface area contributed by atoms with E-state index in [9.17, 15) is 26.3 Å². The Morgan fingerprint density at radius 1 is 1.00 bits per heavy atom. The van der Waals surface area contributed by atoms with Gasteiger partial charge in [-0.15, -0.1) is 0 Å². The van der Waals surface area contributed by atoms with E-state index in [-0.39, 0.29) is 5.56 Å². The van der Waals surface area contributed by atoms with Crippen LogP contribution in [0, 0.1) is 0 Å². The van der Waals surface area contributed by atoms with Gasteiger partial charge in [0.2, 0.25) is 0 Å². The van der Waals surface area contributed by atoms with Gasteiger partial charge in [0.25, 0.3) is 0 Å². The molecule has 0 fully saturated rings. The van der Waals surface area contributed by atoms with Gasteiger partial charge in [0.1, 0.15) is 0 Å². The number of benzene rings is 1. The molecule has 1 unspecified atom stereocenters. The molecule has 0 aliphatic rings. The van der Waals surface area contributed by atoms with E-state index in [4.69, 9.17) is 0 Å². The molecule has 0 spiro atoms. The summed E-state index contributed by atoms with van der Waals surface area (Å²) in [5, 5.41) is 0. The standard InChI is InChI=1S/C10H9F6NO/c11-9(12,13)6-18-17-8(10(14,15)16)7-4-2-1-3-5-7/h1-5,8,17H,6H2. The second-order valence-corrected chi connectivity index (χ2v) is 3.41. The number of halogens is 6. The molecule has 0 bridgehead atoms. The highest BCUT2D eigenvalue weighted by Crippen LogP contribution is 2.32. The van der Waals surface area contributed by atoms with Gasteiger partial charge >= 0.3 is 12.4 Å². The van der Waals surface area contributed by atoms with Gasteiger partial charge < -0.3 is 0 Å². The molecule has 1 atom stereocenters. The van der Waals surface area contributed by atoms with Crippen LogP contribution in [0.3, 0.4) is 0 Å². The third-order valence-corrected chi connectivity index (χ3v) is 1.90. The van der Waals surface area contributed by atoms with Crippen LogP contribution in [0.25, 0.3) is 0 Å². The number of rotatable bonds is 4. The van der Waals surface area contributed by atoms with Crippen molar-refractivity contribution in [2.24, 2.45) is 0 Å². The molecule has 0 saturated carbocycles. The average molecular weight is 273 g/mol. The minimum atomic E-state index is -4.76. The highest BCUT2D eigenvalue weighted by atomic mass is 19.4. The minimum Gasteiger partial charge on any atom is -0.291 e. The number of alkyl halides is 6. The van der Waals surface area contributed by atoms with Gasteiger partial charge in [0, 0.05) is 0 Å². The molecule has 0 aliphatic heterocycles. The lowest BCUT2D eigenvalue weighted by Gasteiger charge is -2.21. The summed E-state index contributed by atoms with van der Waals surface area (Å²) >= 11 is 0. The van der Waals surface area contributed by atoms with Crippen LogP contribution in [0.2, 0.25) is 0 Å². The van der Waals surface area contributed by atoms with Crippen molar-refractivity contribution >= 4 is 0 Å². The zero-order valence-corrected chi connectivity index (χ0v) is 8.85. The maximum atomic E-state index is 12.6. The fourth-order valence-electron chi connectivity index (χ4n) is 1.18. The quantitative estimate of drug-likeness (QED) is 0.670. The fraction of sp³-hybridized carbons (Fsp3) is 0.400. The van der Waals surface area contributed by atoms with Crippen molar-refractivity contribution in [1.82, 2.24) is 5.48 Å². The lowest BCUT2D eigenvalue weighted by Crippen LogP contribution is -2.36. The summed E-state index contributed by atoms with van der Waals surface area (Å²) in [6.07, 6.45) is -9.45. The SMILES string of the molecule is FC(F)(F)CONC(c1ccccc1)C(F)(F)F. The van der Waals surface area contributed by atoms with Gasteiger partial charge in [-0.1, -0.05) is 30.3 Å². The molecular weight excluding hydrogens is 264 g/mol. The Labute approximate surface area is 98.5 Å². The van der Waals surface area contributed by atoms with E-state index in [1.54, 1.807) is 0 Å². The first-order valence-electron chi connectivity index (χ1n) is 4.76. The lowest BCUT2D eigenvalue weighted by molar-refractivity contribution is -0.225. The van der Waals surface area contributed by atoms with E-state index in [1.807, 2.05) is 0 Å². The Morgan fingerprint density at radius 2 is 1.56 bits per heavy atom. The van der Waals surface area contributed by atoms with Crippen molar-refractivity contribution in [2.45, 2.75) is 18.4 Å². The molecule has 2 nitrogen and oxygen atoms in total. The van der Waals surface area contributed by atoms with E-state index in [1.165, 1.54) is 23.7 Å². The summed E-state index contributed by atoms with van der Waals surface area (Å²) in [6, 6.07) is 4.16. The minimum absolute atomic E-state index is 0.229. The summed E-state index contributed by atoms with van der Waals surface area (Å²) in [6.45, 7) is -1.80. The molecule has 0 heterocycles. The Hall–Kier alpha value is -1.28. The Balaban J connectivity index is 2.70. The third kappa shape index (κ3) is 4.92. The molecule has 18 heavy (non-hydrogen) atoms. The van der Waals surface area contributed by atoms with Crippen molar-refractivity contribution in [1.29, 1.82) is 0 Å². The zero-order valence-electron chi connectivity index (χ0n) is 8.85. The van der Waals surface area contributed by atoms with Crippen molar-refractivity contribution < 1.29 is 31.2 Å². The lowest BCUT2D eigenvalue weighted by atomic mass is 10.1. The Bertz CT molecular complexity index is 361. The topological polar surface area (TPSA) is 21.3 Å². The average Bonchev–Trinajstić information content (AvgIpc) is 2.22. The Kier molecular flexibility index (Phi) is 4.58. The number of nitrogens with one attached hydrogen (secondary N) is 1. The second-order valence-electron chi connectivity index (χ2n) is 3.41. The molecule has 0 amide bonds. The number of hydrogen-bond acceptors (Lipinski definition) is 2. The first-order valence-corrected chi connectivity index (χ1v) is 4.76. The number of hydrogen-bond donors (Lipinski definition) is 1. The van der Waals surface area contributed by atoms with Gasteiger partial charge in [-0.05, 0) is 5.56 Å². The van der Waals surface area contributed by atoms with E-state index < -0.39 is 25.0 Å². The van der Waals surface area contributed by atoms with Crippen molar-refractivity contribution in [3.63, 3.8) is 0 Å². The first kappa shape index (κ1) is 14.8. The molecule has 1 aromatic carbocycles. The second kappa shape index (κ2) is 5.57. The highest BCUT2D eigenvalue weighted by Gasteiger charge is 2.41. The maximum Gasteiger partial charge on any atom is 0.413 e. The monoisotopic (exact) mass is 273 g/mol. The zero-order chi connectivity index (χ0) is 13.8. The molecule has 0 saturated heterocycles. The summed E-state index contributed by atoms with van der Waals surface area (Å²) in [5.74, 6) is 0. The van der Waals surface area contributed by atoms with Crippen LogP contribution in [0.4, 0.5) is 26.3 Å². The van der Waals surface area contributed by atoms with Crippen LogP contribution >= 0.6 is 0 Å². The van der Waals surface area contributed by atoms with Gasteiger partial charge in [0.15, 0.2) is 12.6 Å². The number of hydroxylamine groups is 1. The Morgan fingerprint density at radius 3 is 2.00 bits per heavy atom. The summed E-state index contributed by atoms with van der Waals surface area (Å²) in [7, 11) is 0. The molecule has 0 aliphatic carbocycles. The molecule has 1 N–H and O–H groups in total. The molecule has 8 heteroatoms.